The first-order chi connectivity index (χ1) is 10.8. The van der Waals surface area contributed by atoms with Gasteiger partial charge in [0.1, 0.15) is 6.61 Å². The molecular formula is C18H20N2O2. The molecule has 0 radical (unpaired) electrons. The summed E-state index contributed by atoms with van der Waals surface area (Å²) in [5.41, 5.74) is 2.11. The Morgan fingerprint density at radius 2 is 2.09 bits per heavy atom. The Labute approximate surface area is 130 Å². The summed E-state index contributed by atoms with van der Waals surface area (Å²) in [6.07, 6.45) is 3.72. The highest BCUT2D eigenvalue weighted by Gasteiger charge is 2.30. The first kappa shape index (κ1) is 14.6. The van der Waals surface area contributed by atoms with E-state index >= 15 is 0 Å². The Morgan fingerprint density at radius 1 is 1.27 bits per heavy atom. The molecule has 1 unspecified atom stereocenters. The van der Waals surface area contributed by atoms with Crippen LogP contribution in [-0.2, 0) is 11.4 Å². The van der Waals surface area contributed by atoms with Crippen LogP contribution in [0.5, 0.6) is 5.88 Å². The summed E-state index contributed by atoms with van der Waals surface area (Å²) >= 11 is 0. The minimum absolute atomic E-state index is 0.0805. The standard InChI is InChI=1S/C18H20N2O2/c1-14(21)20-12-6-10-17(20)16-9-5-11-19-18(16)22-13-15-7-3-2-4-8-15/h2-5,7-9,11,17H,6,10,12-13H2,1H3. The molecule has 1 aliphatic rings. The summed E-state index contributed by atoms with van der Waals surface area (Å²) < 4.78 is 5.91. The predicted molar refractivity (Wildman–Crippen MR) is 84.4 cm³/mol. The van der Waals surface area contributed by atoms with E-state index in [0.717, 1.165) is 30.5 Å². The van der Waals surface area contributed by atoms with Crippen molar-refractivity contribution in [1.29, 1.82) is 0 Å². The number of benzene rings is 1. The predicted octanol–water partition coefficient (Wildman–Crippen LogP) is 3.34. The highest BCUT2D eigenvalue weighted by Crippen LogP contribution is 2.36. The second kappa shape index (κ2) is 6.60. The Morgan fingerprint density at radius 3 is 2.86 bits per heavy atom. The molecule has 3 rings (SSSR count). The Bertz CT molecular complexity index is 643. The lowest BCUT2D eigenvalue weighted by Gasteiger charge is -2.24. The molecule has 0 saturated carbocycles. The molecule has 22 heavy (non-hydrogen) atoms. The number of likely N-dealkylation sites (tertiary alicyclic amines) is 1. The van der Waals surface area contributed by atoms with Crippen molar-refractivity contribution in [1.82, 2.24) is 9.88 Å². The van der Waals surface area contributed by atoms with Crippen LogP contribution in [0.3, 0.4) is 0 Å². The van der Waals surface area contributed by atoms with Gasteiger partial charge in [0, 0.05) is 25.2 Å². The Hall–Kier alpha value is -2.36. The zero-order chi connectivity index (χ0) is 15.4. The van der Waals surface area contributed by atoms with Gasteiger partial charge in [0.15, 0.2) is 0 Å². The van der Waals surface area contributed by atoms with Crippen LogP contribution >= 0.6 is 0 Å². The monoisotopic (exact) mass is 296 g/mol. The fourth-order valence-corrected chi connectivity index (χ4v) is 2.97. The summed E-state index contributed by atoms with van der Waals surface area (Å²) in [5, 5.41) is 0. The number of carbonyl (C=O) groups is 1. The SMILES string of the molecule is CC(=O)N1CCCC1c1cccnc1OCc1ccccc1. The van der Waals surface area contributed by atoms with E-state index in [1.165, 1.54) is 0 Å². The van der Waals surface area contributed by atoms with Crippen LogP contribution in [0.4, 0.5) is 0 Å². The minimum Gasteiger partial charge on any atom is -0.473 e. The number of ether oxygens (including phenoxy) is 1. The third kappa shape index (κ3) is 3.11. The normalized spacial score (nSPS) is 17.5. The van der Waals surface area contributed by atoms with Crippen LogP contribution in [0.2, 0.25) is 0 Å². The number of pyridine rings is 1. The highest BCUT2D eigenvalue weighted by atomic mass is 16.5. The maximum absolute atomic E-state index is 11.8. The third-order valence-electron chi connectivity index (χ3n) is 4.04. The van der Waals surface area contributed by atoms with E-state index in [4.69, 9.17) is 4.74 Å². The molecule has 114 valence electrons. The maximum Gasteiger partial charge on any atom is 0.219 e. The topological polar surface area (TPSA) is 42.4 Å². The van der Waals surface area contributed by atoms with E-state index in [-0.39, 0.29) is 11.9 Å². The molecule has 0 aliphatic carbocycles. The second-order valence-corrected chi connectivity index (χ2v) is 5.54. The molecule has 1 aromatic carbocycles. The van der Waals surface area contributed by atoms with Gasteiger partial charge in [-0.15, -0.1) is 0 Å². The van der Waals surface area contributed by atoms with E-state index < -0.39 is 0 Å². The summed E-state index contributed by atoms with van der Waals surface area (Å²) in [7, 11) is 0. The average Bonchev–Trinajstić information content (AvgIpc) is 3.04. The summed E-state index contributed by atoms with van der Waals surface area (Å²) in [5.74, 6) is 0.741. The summed E-state index contributed by atoms with van der Waals surface area (Å²) in [6.45, 7) is 2.92. The van der Waals surface area contributed by atoms with E-state index in [9.17, 15) is 4.79 Å². The average molecular weight is 296 g/mol. The van der Waals surface area contributed by atoms with E-state index in [1.54, 1.807) is 13.1 Å². The van der Waals surface area contributed by atoms with Crippen molar-refractivity contribution < 1.29 is 9.53 Å². The highest BCUT2D eigenvalue weighted by molar-refractivity contribution is 5.74. The van der Waals surface area contributed by atoms with Gasteiger partial charge in [-0.1, -0.05) is 36.4 Å². The van der Waals surface area contributed by atoms with Crippen LogP contribution < -0.4 is 4.74 Å². The molecule has 1 aromatic heterocycles. The van der Waals surface area contributed by atoms with Crippen LogP contribution in [0.15, 0.2) is 48.7 Å². The fourth-order valence-electron chi connectivity index (χ4n) is 2.97. The lowest BCUT2D eigenvalue weighted by atomic mass is 10.1. The number of nitrogens with zero attached hydrogens (tertiary/aromatic N) is 2. The van der Waals surface area contributed by atoms with Crippen molar-refractivity contribution in [2.24, 2.45) is 0 Å². The number of carbonyl (C=O) groups excluding carboxylic acids is 1. The number of hydrogen-bond acceptors (Lipinski definition) is 3. The summed E-state index contributed by atoms with van der Waals surface area (Å²) in [6, 6.07) is 14.0. The second-order valence-electron chi connectivity index (χ2n) is 5.54. The molecule has 0 bridgehead atoms. The third-order valence-corrected chi connectivity index (χ3v) is 4.04. The molecule has 1 amide bonds. The van der Waals surface area contributed by atoms with Gasteiger partial charge in [-0.3, -0.25) is 4.79 Å². The molecule has 4 heteroatoms. The van der Waals surface area contributed by atoms with E-state index in [2.05, 4.69) is 4.98 Å². The van der Waals surface area contributed by atoms with Crippen molar-refractivity contribution in [2.45, 2.75) is 32.4 Å². The molecular weight excluding hydrogens is 276 g/mol. The van der Waals surface area contributed by atoms with Crippen LogP contribution in [-0.4, -0.2) is 22.3 Å². The fraction of sp³-hybridized carbons (Fsp3) is 0.333. The van der Waals surface area contributed by atoms with Crippen LogP contribution in [0, 0.1) is 0 Å². The molecule has 1 atom stereocenters. The van der Waals surface area contributed by atoms with Crippen LogP contribution in [0.25, 0.3) is 0 Å². The van der Waals surface area contributed by atoms with Gasteiger partial charge in [0.25, 0.3) is 0 Å². The Kier molecular flexibility index (Phi) is 4.37. The zero-order valence-electron chi connectivity index (χ0n) is 12.7. The van der Waals surface area contributed by atoms with Crippen molar-refractivity contribution in [3.05, 3.63) is 59.8 Å². The molecule has 2 heterocycles. The van der Waals surface area contributed by atoms with Crippen LogP contribution in [0.1, 0.15) is 36.9 Å². The van der Waals surface area contributed by atoms with Gasteiger partial charge in [-0.2, -0.15) is 0 Å². The number of amides is 1. The smallest absolute Gasteiger partial charge is 0.219 e. The minimum atomic E-state index is 0.0805. The molecule has 1 fully saturated rings. The molecule has 4 nitrogen and oxygen atoms in total. The molecule has 1 saturated heterocycles. The molecule has 0 N–H and O–H groups in total. The van der Waals surface area contributed by atoms with Gasteiger partial charge in [0.05, 0.1) is 6.04 Å². The lowest BCUT2D eigenvalue weighted by molar-refractivity contribution is -0.129. The molecule has 0 spiro atoms. The first-order valence-corrected chi connectivity index (χ1v) is 7.64. The van der Waals surface area contributed by atoms with Gasteiger partial charge < -0.3 is 9.64 Å². The number of rotatable bonds is 4. The number of hydrogen-bond donors (Lipinski definition) is 0. The van der Waals surface area contributed by atoms with E-state index in [1.807, 2.05) is 47.4 Å². The lowest BCUT2D eigenvalue weighted by Crippen LogP contribution is -2.28. The van der Waals surface area contributed by atoms with E-state index in [0.29, 0.717) is 12.5 Å². The zero-order valence-corrected chi connectivity index (χ0v) is 12.7. The first-order valence-electron chi connectivity index (χ1n) is 7.64. The van der Waals surface area contributed by atoms with Crippen molar-refractivity contribution in [3.8, 4) is 5.88 Å². The van der Waals surface area contributed by atoms with Crippen molar-refractivity contribution >= 4 is 5.91 Å². The quantitative estimate of drug-likeness (QED) is 0.869. The van der Waals surface area contributed by atoms with Gasteiger partial charge in [0.2, 0.25) is 11.8 Å². The maximum atomic E-state index is 11.8. The molecule has 1 aliphatic heterocycles. The van der Waals surface area contributed by atoms with Gasteiger partial charge in [-0.25, -0.2) is 4.98 Å². The summed E-state index contributed by atoms with van der Waals surface area (Å²) in [4.78, 5) is 18.1. The van der Waals surface area contributed by atoms with Gasteiger partial charge >= 0.3 is 0 Å². The number of aromatic nitrogens is 1. The largest absolute Gasteiger partial charge is 0.473 e. The van der Waals surface area contributed by atoms with Crippen molar-refractivity contribution in [3.63, 3.8) is 0 Å². The molecule has 2 aromatic rings. The van der Waals surface area contributed by atoms with Crippen molar-refractivity contribution in [2.75, 3.05) is 6.54 Å². The Balaban J connectivity index is 1.79. The van der Waals surface area contributed by atoms with Gasteiger partial charge in [-0.05, 0) is 24.5 Å².